The van der Waals surface area contributed by atoms with Crippen LogP contribution in [0.4, 0.5) is 0 Å². The summed E-state index contributed by atoms with van der Waals surface area (Å²) in [5.74, 6) is 1.02. The van der Waals surface area contributed by atoms with Crippen LogP contribution in [-0.4, -0.2) is 36.6 Å². The summed E-state index contributed by atoms with van der Waals surface area (Å²) in [4.78, 5) is 2.74. The third-order valence-corrected chi connectivity index (χ3v) is 4.01. The molecule has 1 saturated heterocycles. The van der Waals surface area contributed by atoms with E-state index in [1.165, 1.54) is 51.7 Å². The number of piperidine rings is 1. The van der Waals surface area contributed by atoms with Gasteiger partial charge in [-0.05, 0) is 44.7 Å². The van der Waals surface area contributed by atoms with Crippen LogP contribution in [0, 0.1) is 5.92 Å². The second-order valence-corrected chi connectivity index (χ2v) is 5.26. The van der Waals surface area contributed by atoms with Crippen LogP contribution in [0.15, 0.2) is 0 Å². The summed E-state index contributed by atoms with van der Waals surface area (Å²) in [5, 5.41) is 3.68. The molecule has 2 rings (SSSR count). The standard InChI is InChI=1S/C13H26N2/c1-3-7-14-12-6-5-8-15(10-12)13-9-11(13)4-2/h11-14H,3-10H2,1-2H3. The number of hydrogen-bond donors (Lipinski definition) is 1. The normalized spacial score (nSPS) is 36.8. The lowest BCUT2D eigenvalue weighted by atomic mass is 10.1. The van der Waals surface area contributed by atoms with E-state index in [9.17, 15) is 0 Å². The Bertz CT molecular complexity index is 193. The van der Waals surface area contributed by atoms with E-state index in [2.05, 4.69) is 24.1 Å². The summed E-state index contributed by atoms with van der Waals surface area (Å²) in [6.45, 7) is 8.44. The van der Waals surface area contributed by atoms with Gasteiger partial charge in [-0.3, -0.25) is 4.90 Å². The van der Waals surface area contributed by atoms with Crippen molar-refractivity contribution in [1.29, 1.82) is 0 Å². The molecule has 0 radical (unpaired) electrons. The average Bonchev–Trinajstić information content (AvgIpc) is 3.06. The van der Waals surface area contributed by atoms with Crippen LogP contribution >= 0.6 is 0 Å². The first kappa shape index (κ1) is 11.4. The lowest BCUT2D eigenvalue weighted by Crippen LogP contribution is -2.47. The van der Waals surface area contributed by atoms with Gasteiger partial charge < -0.3 is 5.32 Å². The predicted molar refractivity (Wildman–Crippen MR) is 65.1 cm³/mol. The Hall–Kier alpha value is -0.0800. The lowest BCUT2D eigenvalue weighted by Gasteiger charge is -2.33. The van der Waals surface area contributed by atoms with Crippen molar-refractivity contribution in [3.05, 3.63) is 0 Å². The highest BCUT2D eigenvalue weighted by Crippen LogP contribution is 2.39. The van der Waals surface area contributed by atoms with Gasteiger partial charge in [0.05, 0.1) is 0 Å². The van der Waals surface area contributed by atoms with E-state index >= 15 is 0 Å². The van der Waals surface area contributed by atoms with Gasteiger partial charge >= 0.3 is 0 Å². The van der Waals surface area contributed by atoms with Crippen molar-refractivity contribution in [2.24, 2.45) is 5.92 Å². The molecule has 88 valence electrons. The topological polar surface area (TPSA) is 15.3 Å². The molecule has 2 aliphatic rings. The van der Waals surface area contributed by atoms with E-state index in [-0.39, 0.29) is 0 Å². The molecule has 0 spiro atoms. The largest absolute Gasteiger partial charge is 0.313 e. The van der Waals surface area contributed by atoms with Crippen molar-refractivity contribution >= 4 is 0 Å². The fourth-order valence-electron chi connectivity index (χ4n) is 2.94. The molecular formula is C13H26N2. The van der Waals surface area contributed by atoms with Crippen LogP contribution < -0.4 is 5.32 Å². The van der Waals surface area contributed by atoms with Crippen molar-refractivity contribution < 1.29 is 0 Å². The minimum atomic E-state index is 0.775. The monoisotopic (exact) mass is 210 g/mol. The zero-order valence-corrected chi connectivity index (χ0v) is 10.3. The average molecular weight is 210 g/mol. The molecule has 15 heavy (non-hydrogen) atoms. The third kappa shape index (κ3) is 2.94. The summed E-state index contributed by atoms with van der Waals surface area (Å²) >= 11 is 0. The van der Waals surface area contributed by atoms with Gasteiger partial charge in [0.2, 0.25) is 0 Å². The Balaban J connectivity index is 1.73. The SMILES string of the molecule is CCCNC1CCCN(C2CC2CC)C1. The van der Waals surface area contributed by atoms with Crippen LogP contribution in [0.2, 0.25) is 0 Å². The first-order chi connectivity index (χ1) is 7.35. The van der Waals surface area contributed by atoms with Crippen LogP contribution in [0.3, 0.4) is 0 Å². The van der Waals surface area contributed by atoms with E-state index in [1.807, 2.05) is 0 Å². The van der Waals surface area contributed by atoms with Gasteiger partial charge in [0, 0.05) is 18.6 Å². The lowest BCUT2D eigenvalue weighted by molar-refractivity contribution is 0.175. The Morgan fingerprint density at radius 2 is 2.20 bits per heavy atom. The molecular weight excluding hydrogens is 184 g/mol. The summed E-state index contributed by atoms with van der Waals surface area (Å²) in [6.07, 6.45) is 6.90. The highest BCUT2D eigenvalue weighted by atomic mass is 15.2. The highest BCUT2D eigenvalue weighted by Gasteiger charge is 2.41. The highest BCUT2D eigenvalue weighted by molar-refractivity contribution is 4.96. The molecule has 0 aromatic rings. The maximum atomic E-state index is 3.68. The number of hydrogen-bond acceptors (Lipinski definition) is 2. The smallest absolute Gasteiger partial charge is 0.0195 e. The van der Waals surface area contributed by atoms with Gasteiger partial charge in [-0.2, -0.15) is 0 Å². The Morgan fingerprint density at radius 1 is 1.33 bits per heavy atom. The maximum Gasteiger partial charge on any atom is 0.0195 e. The fraction of sp³-hybridized carbons (Fsp3) is 1.00. The number of nitrogens with one attached hydrogen (secondary N) is 1. The van der Waals surface area contributed by atoms with Gasteiger partial charge in [-0.1, -0.05) is 20.3 Å². The van der Waals surface area contributed by atoms with E-state index < -0.39 is 0 Å². The molecule has 2 heteroatoms. The van der Waals surface area contributed by atoms with E-state index in [4.69, 9.17) is 0 Å². The van der Waals surface area contributed by atoms with E-state index in [0.717, 1.165) is 18.0 Å². The van der Waals surface area contributed by atoms with Crippen LogP contribution in [0.25, 0.3) is 0 Å². The Labute approximate surface area is 94.4 Å². The zero-order valence-electron chi connectivity index (χ0n) is 10.3. The number of rotatable bonds is 5. The molecule has 2 fully saturated rings. The molecule has 1 N–H and O–H groups in total. The molecule has 0 bridgehead atoms. The quantitative estimate of drug-likeness (QED) is 0.749. The maximum absolute atomic E-state index is 3.68. The van der Waals surface area contributed by atoms with Gasteiger partial charge in [0.25, 0.3) is 0 Å². The van der Waals surface area contributed by atoms with Crippen molar-refractivity contribution in [3.63, 3.8) is 0 Å². The molecule has 1 aliphatic heterocycles. The second-order valence-electron chi connectivity index (χ2n) is 5.26. The number of nitrogens with zero attached hydrogens (tertiary/aromatic N) is 1. The van der Waals surface area contributed by atoms with E-state index in [1.54, 1.807) is 0 Å². The summed E-state index contributed by atoms with van der Waals surface area (Å²) in [5.41, 5.74) is 0. The molecule has 3 unspecified atom stereocenters. The molecule has 2 nitrogen and oxygen atoms in total. The third-order valence-electron chi connectivity index (χ3n) is 4.01. The predicted octanol–water partition coefficient (Wildman–Crippen LogP) is 2.25. The molecule has 1 aliphatic carbocycles. The number of likely N-dealkylation sites (tertiary alicyclic amines) is 1. The molecule has 1 heterocycles. The fourth-order valence-corrected chi connectivity index (χ4v) is 2.94. The molecule has 1 saturated carbocycles. The minimum Gasteiger partial charge on any atom is -0.313 e. The zero-order chi connectivity index (χ0) is 10.7. The minimum absolute atomic E-state index is 0.775. The molecule has 0 aromatic carbocycles. The first-order valence-electron chi connectivity index (χ1n) is 6.82. The van der Waals surface area contributed by atoms with Crippen molar-refractivity contribution in [2.45, 2.75) is 58.0 Å². The Morgan fingerprint density at radius 3 is 2.87 bits per heavy atom. The summed E-state index contributed by atoms with van der Waals surface area (Å²) < 4.78 is 0. The van der Waals surface area contributed by atoms with Gasteiger partial charge in [0.15, 0.2) is 0 Å². The Kier molecular flexibility index (Phi) is 4.04. The van der Waals surface area contributed by atoms with Gasteiger partial charge in [0.1, 0.15) is 0 Å². The van der Waals surface area contributed by atoms with Crippen molar-refractivity contribution in [1.82, 2.24) is 10.2 Å². The molecule has 0 amide bonds. The first-order valence-corrected chi connectivity index (χ1v) is 6.82. The molecule has 3 atom stereocenters. The summed E-state index contributed by atoms with van der Waals surface area (Å²) in [7, 11) is 0. The van der Waals surface area contributed by atoms with Gasteiger partial charge in [-0.25, -0.2) is 0 Å². The molecule has 0 aromatic heterocycles. The summed E-state index contributed by atoms with van der Waals surface area (Å²) in [6, 6.07) is 1.72. The van der Waals surface area contributed by atoms with Crippen LogP contribution in [0.1, 0.15) is 46.0 Å². The second kappa shape index (κ2) is 5.31. The van der Waals surface area contributed by atoms with Crippen LogP contribution in [0.5, 0.6) is 0 Å². The van der Waals surface area contributed by atoms with E-state index in [0.29, 0.717) is 0 Å². The van der Waals surface area contributed by atoms with Crippen molar-refractivity contribution in [3.8, 4) is 0 Å². The van der Waals surface area contributed by atoms with Crippen molar-refractivity contribution in [2.75, 3.05) is 19.6 Å². The van der Waals surface area contributed by atoms with Gasteiger partial charge in [-0.15, -0.1) is 0 Å². The van der Waals surface area contributed by atoms with Crippen LogP contribution in [-0.2, 0) is 0 Å².